The molecule has 0 spiro atoms. The molecular weight excluding hydrogens is 418 g/mol. The van der Waals surface area contributed by atoms with E-state index in [0.29, 0.717) is 36.0 Å². The summed E-state index contributed by atoms with van der Waals surface area (Å²) in [5, 5.41) is 1.09. The van der Waals surface area contributed by atoms with Gasteiger partial charge in [-0.25, -0.2) is 4.98 Å². The molecule has 7 nitrogen and oxygen atoms in total. The summed E-state index contributed by atoms with van der Waals surface area (Å²) in [6, 6.07) is 19.3. The highest BCUT2D eigenvalue weighted by atomic mass is 16.5. The Balaban J connectivity index is 1.29. The number of carbonyl (C=O) groups excluding carboxylic acids is 1. The van der Waals surface area contributed by atoms with E-state index >= 15 is 0 Å². The standard InChI is InChI=1S/C26H25N3O4/c1-31-24-8-6-18(17-25(24)32-2)21-4-3-5-22(27-21)26(30)29-13-11-28(12-14-29)20-7-9-23-19(16-20)10-15-33-23/h3-10,15-17H,11-14H2,1-2H3. The van der Waals surface area contributed by atoms with Gasteiger partial charge in [0.1, 0.15) is 11.3 Å². The quantitative estimate of drug-likeness (QED) is 0.453. The van der Waals surface area contributed by atoms with E-state index in [0.717, 1.165) is 35.3 Å². The van der Waals surface area contributed by atoms with Crippen LogP contribution < -0.4 is 14.4 Å². The summed E-state index contributed by atoms with van der Waals surface area (Å²) in [5.41, 5.74) is 4.05. The monoisotopic (exact) mass is 443 g/mol. The maximum atomic E-state index is 13.2. The van der Waals surface area contributed by atoms with Gasteiger partial charge in [0.05, 0.1) is 26.2 Å². The summed E-state index contributed by atoms with van der Waals surface area (Å²) in [7, 11) is 3.20. The summed E-state index contributed by atoms with van der Waals surface area (Å²) in [6.07, 6.45) is 1.70. The van der Waals surface area contributed by atoms with Crippen molar-refractivity contribution >= 4 is 22.6 Å². The van der Waals surface area contributed by atoms with Gasteiger partial charge in [0.2, 0.25) is 0 Å². The van der Waals surface area contributed by atoms with Crippen LogP contribution in [0.2, 0.25) is 0 Å². The first kappa shape index (κ1) is 20.9. The SMILES string of the molecule is COc1ccc(-c2cccc(C(=O)N3CCN(c4ccc5occc5c4)CC3)n2)cc1OC. The predicted octanol–water partition coefficient (Wildman–Crippen LogP) is 4.47. The third-order valence-corrected chi connectivity index (χ3v) is 6.02. The highest BCUT2D eigenvalue weighted by molar-refractivity contribution is 5.93. The van der Waals surface area contributed by atoms with Crippen LogP contribution >= 0.6 is 0 Å². The minimum absolute atomic E-state index is 0.0535. The number of furan rings is 1. The molecule has 0 radical (unpaired) electrons. The normalized spacial score (nSPS) is 13.9. The zero-order valence-electron chi connectivity index (χ0n) is 18.7. The highest BCUT2D eigenvalue weighted by Crippen LogP contribution is 2.31. The Kier molecular flexibility index (Phi) is 5.60. The van der Waals surface area contributed by atoms with Crippen LogP contribution in [0.25, 0.3) is 22.2 Å². The fraction of sp³-hybridized carbons (Fsp3) is 0.231. The van der Waals surface area contributed by atoms with Crippen molar-refractivity contribution in [2.45, 2.75) is 0 Å². The number of ether oxygens (including phenoxy) is 2. The first-order valence-electron chi connectivity index (χ1n) is 10.9. The Hall–Kier alpha value is -4.00. The van der Waals surface area contributed by atoms with Crippen LogP contribution in [0.15, 0.2) is 71.3 Å². The molecule has 0 unspecified atom stereocenters. The average molecular weight is 444 g/mol. The molecule has 0 saturated carbocycles. The second-order valence-electron chi connectivity index (χ2n) is 7.90. The van der Waals surface area contributed by atoms with E-state index in [-0.39, 0.29) is 5.91 Å². The van der Waals surface area contributed by atoms with E-state index in [1.165, 1.54) is 0 Å². The molecule has 0 bridgehead atoms. The molecule has 1 amide bonds. The molecule has 5 rings (SSSR count). The largest absolute Gasteiger partial charge is 0.493 e. The van der Waals surface area contributed by atoms with Crippen molar-refractivity contribution < 1.29 is 18.7 Å². The van der Waals surface area contributed by atoms with Gasteiger partial charge in [-0.1, -0.05) is 6.07 Å². The van der Waals surface area contributed by atoms with Crippen LogP contribution in [0.3, 0.4) is 0 Å². The fourth-order valence-corrected chi connectivity index (χ4v) is 4.19. The van der Waals surface area contributed by atoms with Crippen molar-refractivity contribution in [2.24, 2.45) is 0 Å². The Morgan fingerprint density at radius 2 is 1.73 bits per heavy atom. The molecule has 33 heavy (non-hydrogen) atoms. The lowest BCUT2D eigenvalue weighted by Gasteiger charge is -2.36. The second kappa shape index (κ2) is 8.86. The Bertz CT molecular complexity index is 1290. The lowest BCUT2D eigenvalue weighted by atomic mass is 10.1. The highest BCUT2D eigenvalue weighted by Gasteiger charge is 2.24. The maximum absolute atomic E-state index is 13.2. The van der Waals surface area contributed by atoms with Gasteiger partial charge in [0.25, 0.3) is 5.91 Å². The molecule has 2 aromatic heterocycles. The van der Waals surface area contributed by atoms with Crippen LogP contribution in [0.1, 0.15) is 10.5 Å². The van der Waals surface area contributed by atoms with Crippen LogP contribution in [-0.4, -0.2) is 56.2 Å². The Morgan fingerprint density at radius 1 is 0.909 bits per heavy atom. The molecule has 0 N–H and O–H groups in total. The number of carbonyl (C=O) groups is 1. The molecule has 168 valence electrons. The molecule has 0 aliphatic carbocycles. The van der Waals surface area contributed by atoms with Crippen LogP contribution in [0, 0.1) is 0 Å². The minimum atomic E-state index is -0.0535. The van der Waals surface area contributed by atoms with Gasteiger partial charge in [-0.05, 0) is 54.6 Å². The summed E-state index contributed by atoms with van der Waals surface area (Å²) in [4.78, 5) is 22.0. The van der Waals surface area contributed by atoms with Crippen molar-refractivity contribution in [3.63, 3.8) is 0 Å². The molecule has 2 aromatic carbocycles. The third kappa shape index (κ3) is 4.09. The number of benzene rings is 2. The van der Waals surface area contributed by atoms with Gasteiger partial charge < -0.3 is 23.7 Å². The predicted molar refractivity (Wildman–Crippen MR) is 127 cm³/mol. The molecular formula is C26H25N3O4. The van der Waals surface area contributed by atoms with Crippen molar-refractivity contribution in [3.8, 4) is 22.8 Å². The smallest absolute Gasteiger partial charge is 0.272 e. The number of hydrogen-bond donors (Lipinski definition) is 0. The summed E-state index contributed by atoms with van der Waals surface area (Å²) >= 11 is 0. The summed E-state index contributed by atoms with van der Waals surface area (Å²) < 4.78 is 16.1. The molecule has 7 heteroatoms. The molecule has 1 saturated heterocycles. The molecule has 1 aliphatic rings. The average Bonchev–Trinajstić information content (AvgIpc) is 3.36. The fourth-order valence-electron chi connectivity index (χ4n) is 4.19. The van der Waals surface area contributed by atoms with E-state index in [1.54, 1.807) is 26.5 Å². The van der Waals surface area contributed by atoms with E-state index in [2.05, 4.69) is 22.0 Å². The lowest BCUT2D eigenvalue weighted by Crippen LogP contribution is -2.49. The number of rotatable bonds is 5. The number of fused-ring (bicyclic) bond motifs is 1. The van der Waals surface area contributed by atoms with Gasteiger partial charge in [-0.3, -0.25) is 4.79 Å². The number of pyridine rings is 1. The Morgan fingerprint density at radius 3 is 2.52 bits per heavy atom. The topological polar surface area (TPSA) is 68.0 Å². The number of aromatic nitrogens is 1. The third-order valence-electron chi connectivity index (χ3n) is 6.02. The Labute approximate surface area is 192 Å². The number of hydrogen-bond acceptors (Lipinski definition) is 6. The molecule has 0 atom stereocenters. The van der Waals surface area contributed by atoms with Gasteiger partial charge in [-0.15, -0.1) is 0 Å². The van der Waals surface area contributed by atoms with E-state index in [9.17, 15) is 4.79 Å². The van der Waals surface area contributed by atoms with Gasteiger partial charge in [0, 0.05) is 42.8 Å². The van der Waals surface area contributed by atoms with E-state index in [4.69, 9.17) is 13.9 Å². The number of anilines is 1. The van der Waals surface area contributed by atoms with Crippen molar-refractivity contribution in [1.29, 1.82) is 0 Å². The second-order valence-corrected chi connectivity index (χ2v) is 7.90. The van der Waals surface area contributed by atoms with Gasteiger partial charge in [-0.2, -0.15) is 0 Å². The molecule has 3 heterocycles. The van der Waals surface area contributed by atoms with Crippen molar-refractivity contribution in [1.82, 2.24) is 9.88 Å². The zero-order valence-corrected chi connectivity index (χ0v) is 18.7. The lowest BCUT2D eigenvalue weighted by molar-refractivity contribution is 0.0741. The summed E-state index contributed by atoms with van der Waals surface area (Å²) in [5.74, 6) is 1.22. The van der Waals surface area contributed by atoms with Crippen molar-refractivity contribution in [3.05, 3.63) is 72.6 Å². The number of methoxy groups -OCH3 is 2. The van der Waals surface area contributed by atoms with E-state index < -0.39 is 0 Å². The van der Waals surface area contributed by atoms with Gasteiger partial charge >= 0.3 is 0 Å². The first-order chi connectivity index (χ1) is 16.2. The minimum Gasteiger partial charge on any atom is -0.493 e. The molecule has 1 aliphatic heterocycles. The van der Waals surface area contributed by atoms with Crippen molar-refractivity contribution in [2.75, 3.05) is 45.3 Å². The van der Waals surface area contributed by atoms with Gasteiger partial charge in [0.15, 0.2) is 11.5 Å². The van der Waals surface area contributed by atoms with Crippen LogP contribution in [-0.2, 0) is 0 Å². The molecule has 1 fully saturated rings. The van der Waals surface area contributed by atoms with Crippen LogP contribution in [0.5, 0.6) is 11.5 Å². The first-order valence-corrected chi connectivity index (χ1v) is 10.9. The number of nitrogens with zero attached hydrogens (tertiary/aromatic N) is 3. The van der Waals surface area contributed by atoms with E-state index in [1.807, 2.05) is 47.4 Å². The zero-order chi connectivity index (χ0) is 22.8. The number of piperazine rings is 1. The number of amides is 1. The summed E-state index contributed by atoms with van der Waals surface area (Å²) in [6.45, 7) is 2.82. The van der Waals surface area contributed by atoms with Crippen LogP contribution in [0.4, 0.5) is 5.69 Å². The maximum Gasteiger partial charge on any atom is 0.272 e. The molecule has 4 aromatic rings.